The number of amides is 1. The van der Waals surface area contributed by atoms with Gasteiger partial charge in [-0.2, -0.15) is 0 Å². The van der Waals surface area contributed by atoms with Gasteiger partial charge in [-0.25, -0.2) is 0 Å². The molecular formula is C20H21NO7S. The molecule has 0 spiro atoms. The van der Waals surface area contributed by atoms with E-state index in [0.717, 1.165) is 4.90 Å². The van der Waals surface area contributed by atoms with E-state index in [9.17, 15) is 9.59 Å². The molecule has 0 saturated heterocycles. The maximum atomic E-state index is 12.1. The Hall–Kier alpha value is -3.07. The lowest BCUT2D eigenvalue weighted by Crippen LogP contribution is -2.22. The van der Waals surface area contributed by atoms with Crippen LogP contribution in [0.25, 0.3) is 0 Å². The normalized spacial score (nSPS) is 12.1. The number of esters is 1. The predicted molar refractivity (Wildman–Crippen MR) is 107 cm³/mol. The lowest BCUT2D eigenvalue weighted by atomic mass is 10.2. The van der Waals surface area contributed by atoms with Gasteiger partial charge in [0.25, 0.3) is 5.91 Å². The second kappa shape index (κ2) is 9.92. The number of carbonyl (C=O) groups is 2. The minimum atomic E-state index is -0.502. The third-order valence-electron chi connectivity index (χ3n) is 3.92. The molecule has 1 heterocycles. The highest BCUT2D eigenvalue weighted by Crippen LogP contribution is 2.34. The molecule has 0 aromatic heterocycles. The Balaban J connectivity index is 1.46. The number of fused-ring (bicyclic) bond motifs is 1. The Morgan fingerprint density at radius 3 is 2.59 bits per heavy atom. The van der Waals surface area contributed by atoms with E-state index in [0.29, 0.717) is 41.9 Å². The average molecular weight is 419 g/mol. The molecule has 8 nitrogen and oxygen atoms in total. The van der Waals surface area contributed by atoms with Crippen LogP contribution in [0.5, 0.6) is 23.0 Å². The van der Waals surface area contributed by atoms with Gasteiger partial charge in [0, 0.05) is 11.0 Å². The number of methoxy groups -OCH3 is 2. The number of nitrogens with one attached hydrogen (secondary N) is 1. The molecule has 0 radical (unpaired) electrons. The first-order chi connectivity index (χ1) is 14.1. The highest BCUT2D eigenvalue weighted by molar-refractivity contribution is 8.00. The number of hydrogen-bond acceptors (Lipinski definition) is 8. The summed E-state index contributed by atoms with van der Waals surface area (Å²) in [4.78, 5) is 24.9. The predicted octanol–water partition coefficient (Wildman–Crippen LogP) is 2.75. The maximum Gasteiger partial charge on any atom is 0.316 e. The maximum absolute atomic E-state index is 12.1. The molecule has 0 saturated carbocycles. The van der Waals surface area contributed by atoms with E-state index in [1.165, 1.54) is 26.0 Å². The molecule has 9 heteroatoms. The first kappa shape index (κ1) is 20.7. The van der Waals surface area contributed by atoms with Crippen molar-refractivity contribution in [1.82, 2.24) is 0 Å². The molecule has 2 aromatic rings. The van der Waals surface area contributed by atoms with Crippen molar-refractivity contribution in [2.45, 2.75) is 4.90 Å². The molecule has 1 amide bonds. The molecule has 1 aliphatic rings. The monoisotopic (exact) mass is 419 g/mol. The zero-order valence-corrected chi connectivity index (χ0v) is 16.9. The number of thioether (sulfide) groups is 1. The molecule has 0 unspecified atom stereocenters. The second-order valence-corrected chi connectivity index (χ2v) is 6.92. The highest BCUT2D eigenvalue weighted by atomic mass is 32.2. The molecule has 1 aliphatic heterocycles. The van der Waals surface area contributed by atoms with E-state index in [-0.39, 0.29) is 5.75 Å². The lowest BCUT2D eigenvalue weighted by Gasteiger charge is -2.18. The number of ether oxygens (including phenoxy) is 5. The average Bonchev–Trinajstić information content (AvgIpc) is 2.76. The van der Waals surface area contributed by atoms with Crippen molar-refractivity contribution < 1.29 is 33.3 Å². The van der Waals surface area contributed by atoms with E-state index in [1.54, 1.807) is 24.3 Å². The van der Waals surface area contributed by atoms with Gasteiger partial charge in [-0.15, -0.1) is 11.8 Å². The van der Waals surface area contributed by atoms with E-state index >= 15 is 0 Å². The van der Waals surface area contributed by atoms with Gasteiger partial charge in [-0.3, -0.25) is 9.59 Å². The summed E-state index contributed by atoms with van der Waals surface area (Å²) in [5.74, 6) is 1.46. The summed E-state index contributed by atoms with van der Waals surface area (Å²) in [6.45, 7) is 0.618. The van der Waals surface area contributed by atoms with Crippen molar-refractivity contribution in [2.24, 2.45) is 0 Å². The molecule has 3 rings (SSSR count). The highest BCUT2D eigenvalue weighted by Gasteiger charge is 2.14. The molecule has 1 N–H and O–H groups in total. The summed E-state index contributed by atoms with van der Waals surface area (Å²) in [7, 11) is 3.02. The Labute approximate surface area is 172 Å². The van der Waals surface area contributed by atoms with Crippen molar-refractivity contribution in [3.8, 4) is 23.0 Å². The molecule has 0 bridgehead atoms. The first-order valence-electron chi connectivity index (χ1n) is 8.79. The summed E-state index contributed by atoms with van der Waals surface area (Å²) in [5.41, 5.74) is 0.429. The zero-order valence-electron chi connectivity index (χ0n) is 16.1. The van der Waals surface area contributed by atoms with Gasteiger partial charge in [-0.05, 0) is 30.3 Å². The number of carbonyl (C=O) groups excluding carboxylic acids is 2. The van der Waals surface area contributed by atoms with Gasteiger partial charge >= 0.3 is 5.97 Å². The van der Waals surface area contributed by atoms with E-state index < -0.39 is 18.5 Å². The summed E-state index contributed by atoms with van der Waals surface area (Å²) in [6, 6.07) is 10.5. The first-order valence-corrected chi connectivity index (χ1v) is 9.77. The van der Waals surface area contributed by atoms with Crippen LogP contribution in [0.1, 0.15) is 0 Å². The van der Waals surface area contributed by atoms with Crippen molar-refractivity contribution in [3.05, 3.63) is 36.4 Å². The fourth-order valence-electron chi connectivity index (χ4n) is 2.54. The molecule has 0 fully saturated rings. The minimum Gasteiger partial charge on any atom is -0.497 e. The summed E-state index contributed by atoms with van der Waals surface area (Å²) < 4.78 is 26.3. The van der Waals surface area contributed by atoms with Gasteiger partial charge in [0.2, 0.25) is 0 Å². The van der Waals surface area contributed by atoms with Gasteiger partial charge in [0.1, 0.15) is 24.7 Å². The zero-order chi connectivity index (χ0) is 20.6. The number of benzene rings is 2. The summed E-state index contributed by atoms with van der Waals surface area (Å²) in [6.07, 6.45) is 0. The van der Waals surface area contributed by atoms with E-state index in [2.05, 4.69) is 5.32 Å². The molecule has 154 valence electrons. The fourth-order valence-corrected chi connectivity index (χ4v) is 3.26. The third kappa shape index (κ3) is 5.71. The molecule has 0 aliphatic carbocycles. The molecular weight excluding hydrogens is 398 g/mol. The molecule has 2 aromatic carbocycles. The van der Waals surface area contributed by atoms with Crippen LogP contribution >= 0.6 is 11.8 Å². The fraction of sp³-hybridized carbons (Fsp3) is 0.300. The Bertz CT molecular complexity index is 887. The Kier molecular flexibility index (Phi) is 7.07. The Morgan fingerprint density at radius 2 is 1.83 bits per heavy atom. The summed E-state index contributed by atoms with van der Waals surface area (Å²) in [5, 5.41) is 2.64. The number of rotatable bonds is 8. The SMILES string of the molecule is COc1ccc(OC)c(NC(=O)COC(=O)CSc2ccc3c(c2)OCCO3)c1. The van der Waals surface area contributed by atoms with Crippen molar-refractivity contribution >= 4 is 29.3 Å². The minimum absolute atomic E-state index is 0.0649. The van der Waals surface area contributed by atoms with Crippen LogP contribution in [0.4, 0.5) is 5.69 Å². The Morgan fingerprint density at radius 1 is 1.03 bits per heavy atom. The standard InChI is InChI=1S/C20H21NO7S/c1-24-13-3-5-16(25-2)15(9-13)21-19(22)11-28-20(23)12-29-14-4-6-17-18(10-14)27-8-7-26-17/h3-6,9-10H,7-8,11-12H2,1-2H3,(H,21,22). The van der Waals surface area contributed by atoms with Gasteiger partial charge in [0.15, 0.2) is 18.1 Å². The lowest BCUT2D eigenvalue weighted by molar-refractivity contribution is -0.144. The smallest absolute Gasteiger partial charge is 0.316 e. The van der Waals surface area contributed by atoms with E-state index in [4.69, 9.17) is 23.7 Å². The second-order valence-electron chi connectivity index (χ2n) is 5.87. The van der Waals surface area contributed by atoms with Gasteiger partial charge < -0.3 is 29.0 Å². The van der Waals surface area contributed by atoms with Crippen molar-refractivity contribution in [3.63, 3.8) is 0 Å². The number of anilines is 1. The van der Waals surface area contributed by atoms with Crippen LogP contribution in [0, 0.1) is 0 Å². The van der Waals surface area contributed by atoms with Crippen LogP contribution in [0.3, 0.4) is 0 Å². The molecule has 29 heavy (non-hydrogen) atoms. The number of hydrogen-bond donors (Lipinski definition) is 1. The van der Waals surface area contributed by atoms with Crippen LogP contribution < -0.4 is 24.3 Å². The van der Waals surface area contributed by atoms with Gasteiger partial charge in [0.05, 0.1) is 25.7 Å². The van der Waals surface area contributed by atoms with Gasteiger partial charge in [-0.1, -0.05) is 0 Å². The van der Waals surface area contributed by atoms with Crippen LogP contribution in [0.2, 0.25) is 0 Å². The third-order valence-corrected chi connectivity index (χ3v) is 4.88. The summed E-state index contributed by atoms with van der Waals surface area (Å²) >= 11 is 1.29. The van der Waals surface area contributed by atoms with Crippen LogP contribution in [-0.4, -0.2) is 51.7 Å². The van der Waals surface area contributed by atoms with Crippen LogP contribution in [0.15, 0.2) is 41.3 Å². The van der Waals surface area contributed by atoms with E-state index in [1.807, 2.05) is 12.1 Å². The van der Waals surface area contributed by atoms with Crippen molar-refractivity contribution in [2.75, 3.05) is 45.1 Å². The quantitative estimate of drug-likeness (QED) is 0.516. The topological polar surface area (TPSA) is 92.3 Å². The van der Waals surface area contributed by atoms with Crippen LogP contribution in [-0.2, 0) is 14.3 Å². The van der Waals surface area contributed by atoms with Crippen molar-refractivity contribution in [1.29, 1.82) is 0 Å². The largest absolute Gasteiger partial charge is 0.497 e. The molecule has 0 atom stereocenters.